The number of nitrogen functional groups attached to an aromatic ring is 1. The highest BCUT2D eigenvalue weighted by atomic mass is 32.2. The number of benzene rings is 1. The van der Waals surface area contributed by atoms with Gasteiger partial charge in [-0.3, -0.25) is 4.57 Å². The number of nitrogens with two attached hydrogens (primary N) is 1. The molecule has 1 aromatic carbocycles. The minimum atomic E-state index is 0.186. The number of nitrogens with zero attached hydrogens (tertiary/aromatic N) is 4. The average Bonchev–Trinajstić information content (AvgIpc) is 3.48. The van der Waals surface area contributed by atoms with Gasteiger partial charge < -0.3 is 10.5 Å². The standard InChI is InChI=1S/C22H23N5OS2/c1-14-6-2-3-7-15(14)13-29-22-26-25-20(27(22)12-16-8-5-11-28-16)19-18(23)17-9-4-10-24-21(17)30-19/h2-4,6-7,9-10,16H,5,8,11-13,23H2,1H3. The second-order valence-electron chi connectivity index (χ2n) is 7.47. The van der Waals surface area contributed by atoms with Gasteiger partial charge in [-0.2, -0.15) is 0 Å². The van der Waals surface area contributed by atoms with Crippen molar-refractivity contribution < 1.29 is 4.74 Å². The zero-order valence-corrected chi connectivity index (χ0v) is 18.4. The lowest BCUT2D eigenvalue weighted by Gasteiger charge is -2.14. The monoisotopic (exact) mass is 437 g/mol. The molecule has 4 heterocycles. The van der Waals surface area contributed by atoms with E-state index in [1.54, 1.807) is 29.3 Å². The molecule has 3 aromatic heterocycles. The van der Waals surface area contributed by atoms with Crippen LogP contribution in [0.25, 0.3) is 20.9 Å². The van der Waals surface area contributed by atoms with Gasteiger partial charge in [0.05, 0.1) is 23.2 Å². The maximum Gasteiger partial charge on any atom is 0.191 e. The molecule has 1 atom stereocenters. The van der Waals surface area contributed by atoms with Crippen molar-refractivity contribution in [2.24, 2.45) is 0 Å². The van der Waals surface area contributed by atoms with E-state index in [9.17, 15) is 0 Å². The van der Waals surface area contributed by atoms with E-state index < -0.39 is 0 Å². The highest BCUT2D eigenvalue weighted by molar-refractivity contribution is 7.98. The number of thiophene rings is 1. The fourth-order valence-corrected chi connectivity index (χ4v) is 5.83. The van der Waals surface area contributed by atoms with Crippen LogP contribution in [0.15, 0.2) is 47.8 Å². The summed E-state index contributed by atoms with van der Waals surface area (Å²) in [5.74, 6) is 1.65. The minimum absolute atomic E-state index is 0.186. The first-order chi connectivity index (χ1) is 14.7. The number of aromatic nitrogens is 4. The molecule has 0 radical (unpaired) electrons. The van der Waals surface area contributed by atoms with Crippen LogP contribution in [0.2, 0.25) is 0 Å². The second-order valence-corrected chi connectivity index (χ2v) is 9.41. The zero-order chi connectivity index (χ0) is 20.5. The predicted octanol–water partition coefficient (Wildman–Crippen LogP) is 4.92. The Labute approximate surface area is 183 Å². The molecule has 0 amide bonds. The first-order valence-electron chi connectivity index (χ1n) is 10.1. The largest absolute Gasteiger partial charge is 0.397 e. The van der Waals surface area contributed by atoms with Crippen LogP contribution in [-0.2, 0) is 17.0 Å². The lowest BCUT2D eigenvalue weighted by Crippen LogP contribution is -2.16. The fraction of sp³-hybridized carbons (Fsp3) is 0.318. The normalized spacial score (nSPS) is 16.5. The van der Waals surface area contributed by atoms with E-state index in [4.69, 9.17) is 10.5 Å². The molecule has 2 N–H and O–H groups in total. The highest BCUT2D eigenvalue weighted by Gasteiger charge is 2.24. The molecule has 0 bridgehead atoms. The van der Waals surface area contributed by atoms with E-state index in [1.165, 1.54) is 11.1 Å². The summed E-state index contributed by atoms with van der Waals surface area (Å²) >= 11 is 3.28. The van der Waals surface area contributed by atoms with Gasteiger partial charge in [0.15, 0.2) is 11.0 Å². The number of thioether (sulfide) groups is 1. The number of pyridine rings is 1. The first-order valence-corrected chi connectivity index (χ1v) is 11.9. The van der Waals surface area contributed by atoms with Crippen molar-refractivity contribution in [1.82, 2.24) is 19.7 Å². The van der Waals surface area contributed by atoms with Crippen molar-refractivity contribution in [1.29, 1.82) is 0 Å². The molecular weight excluding hydrogens is 414 g/mol. The number of fused-ring (bicyclic) bond motifs is 1. The Kier molecular flexibility index (Phi) is 5.45. The summed E-state index contributed by atoms with van der Waals surface area (Å²) in [6.45, 7) is 3.70. The van der Waals surface area contributed by atoms with Crippen molar-refractivity contribution in [2.75, 3.05) is 12.3 Å². The van der Waals surface area contributed by atoms with E-state index >= 15 is 0 Å². The van der Waals surface area contributed by atoms with Crippen LogP contribution in [0.1, 0.15) is 24.0 Å². The van der Waals surface area contributed by atoms with Gasteiger partial charge in [-0.25, -0.2) is 4.98 Å². The van der Waals surface area contributed by atoms with Gasteiger partial charge in [-0.15, -0.1) is 21.5 Å². The van der Waals surface area contributed by atoms with E-state index in [2.05, 4.69) is 50.9 Å². The van der Waals surface area contributed by atoms with Crippen molar-refractivity contribution in [3.8, 4) is 10.7 Å². The van der Waals surface area contributed by atoms with Crippen LogP contribution >= 0.6 is 23.1 Å². The highest BCUT2D eigenvalue weighted by Crippen LogP contribution is 2.40. The third kappa shape index (κ3) is 3.71. The first kappa shape index (κ1) is 19.5. The summed E-state index contributed by atoms with van der Waals surface area (Å²) < 4.78 is 8.10. The van der Waals surface area contributed by atoms with Crippen molar-refractivity contribution in [2.45, 2.75) is 43.3 Å². The molecule has 30 heavy (non-hydrogen) atoms. The molecule has 5 rings (SSSR count). The molecule has 154 valence electrons. The molecule has 6 nitrogen and oxygen atoms in total. The third-order valence-electron chi connectivity index (χ3n) is 5.45. The quantitative estimate of drug-likeness (QED) is 0.432. The zero-order valence-electron chi connectivity index (χ0n) is 16.7. The Morgan fingerprint density at radius 3 is 2.93 bits per heavy atom. The van der Waals surface area contributed by atoms with Gasteiger partial charge in [-0.05, 0) is 43.0 Å². The summed E-state index contributed by atoms with van der Waals surface area (Å²) in [7, 11) is 0. The molecule has 1 fully saturated rings. The Morgan fingerprint density at radius 2 is 2.13 bits per heavy atom. The Bertz CT molecular complexity index is 1180. The van der Waals surface area contributed by atoms with E-state index in [-0.39, 0.29) is 6.10 Å². The van der Waals surface area contributed by atoms with Gasteiger partial charge in [-0.1, -0.05) is 36.0 Å². The molecule has 0 saturated carbocycles. The number of rotatable bonds is 6. The lowest BCUT2D eigenvalue weighted by atomic mass is 10.1. The number of aryl methyl sites for hydroxylation is 1. The van der Waals surface area contributed by atoms with Crippen LogP contribution in [0.4, 0.5) is 5.69 Å². The van der Waals surface area contributed by atoms with Crippen molar-refractivity contribution in [3.05, 3.63) is 53.7 Å². The molecule has 4 aromatic rings. The van der Waals surface area contributed by atoms with Crippen LogP contribution in [0, 0.1) is 6.92 Å². The number of anilines is 1. The molecule has 1 aliphatic heterocycles. The summed E-state index contributed by atoms with van der Waals surface area (Å²) in [5.41, 5.74) is 9.81. The second kappa shape index (κ2) is 8.37. The number of ether oxygens (including phenoxy) is 1. The third-order valence-corrected chi connectivity index (χ3v) is 7.59. The predicted molar refractivity (Wildman–Crippen MR) is 123 cm³/mol. The maximum atomic E-state index is 6.49. The fourth-order valence-electron chi connectivity index (χ4n) is 3.75. The summed E-state index contributed by atoms with van der Waals surface area (Å²) in [5, 5.41) is 11.0. The molecule has 8 heteroatoms. The van der Waals surface area contributed by atoms with Gasteiger partial charge in [0, 0.05) is 23.9 Å². The molecular formula is C22H23N5OS2. The van der Waals surface area contributed by atoms with E-state index in [0.717, 1.165) is 63.5 Å². The van der Waals surface area contributed by atoms with Crippen molar-refractivity contribution >= 4 is 39.0 Å². The number of hydrogen-bond donors (Lipinski definition) is 1. The SMILES string of the molecule is Cc1ccccc1CSc1nnc(-c2sc3ncccc3c2N)n1CC1CCCO1. The van der Waals surface area contributed by atoms with Crippen LogP contribution in [0.3, 0.4) is 0 Å². The summed E-state index contributed by atoms with van der Waals surface area (Å²) in [6.07, 6.45) is 4.14. The summed E-state index contributed by atoms with van der Waals surface area (Å²) in [4.78, 5) is 6.31. The molecule has 1 aliphatic rings. The van der Waals surface area contributed by atoms with Crippen LogP contribution in [0.5, 0.6) is 0 Å². The molecule has 0 spiro atoms. The Hall–Kier alpha value is -2.42. The molecule has 1 saturated heterocycles. The molecule has 1 unspecified atom stereocenters. The van der Waals surface area contributed by atoms with Crippen LogP contribution in [-0.4, -0.2) is 32.5 Å². The Balaban J connectivity index is 1.51. The lowest BCUT2D eigenvalue weighted by molar-refractivity contribution is 0.0953. The van der Waals surface area contributed by atoms with E-state index in [0.29, 0.717) is 0 Å². The summed E-state index contributed by atoms with van der Waals surface area (Å²) in [6, 6.07) is 12.4. The minimum Gasteiger partial charge on any atom is -0.397 e. The van der Waals surface area contributed by atoms with Gasteiger partial charge in [0.1, 0.15) is 4.83 Å². The van der Waals surface area contributed by atoms with Gasteiger partial charge in [0.25, 0.3) is 0 Å². The van der Waals surface area contributed by atoms with Gasteiger partial charge >= 0.3 is 0 Å². The Morgan fingerprint density at radius 1 is 1.23 bits per heavy atom. The van der Waals surface area contributed by atoms with Gasteiger partial charge in [0.2, 0.25) is 0 Å². The topological polar surface area (TPSA) is 78.9 Å². The smallest absolute Gasteiger partial charge is 0.191 e. The number of hydrogen-bond acceptors (Lipinski definition) is 7. The van der Waals surface area contributed by atoms with E-state index in [1.807, 2.05) is 12.1 Å². The maximum absolute atomic E-state index is 6.49. The van der Waals surface area contributed by atoms with Crippen molar-refractivity contribution in [3.63, 3.8) is 0 Å². The average molecular weight is 438 g/mol. The van der Waals surface area contributed by atoms with Crippen LogP contribution < -0.4 is 5.73 Å². The molecule has 0 aliphatic carbocycles.